The number of aryl methyl sites for hydroxylation is 1. The van der Waals surface area contributed by atoms with Crippen LogP contribution in [-0.2, 0) is 44.7 Å². The molecule has 0 fully saturated rings. The number of H-pyrrole nitrogens is 1. The molecule has 550 valence electrons. The van der Waals surface area contributed by atoms with Crippen molar-refractivity contribution in [2.24, 2.45) is 17.4 Å². The molecule has 0 saturated carbocycles. The predicted octanol–water partition coefficient (Wildman–Crippen LogP) is 7.15. The van der Waals surface area contributed by atoms with Gasteiger partial charge in [-0.1, -0.05) is 44.2 Å². The summed E-state index contributed by atoms with van der Waals surface area (Å²) >= 11 is 6.69. The summed E-state index contributed by atoms with van der Waals surface area (Å²) in [4.78, 5) is 156. The van der Waals surface area contributed by atoms with Gasteiger partial charge in [-0.15, -0.1) is 11.6 Å². The molecule has 6 aromatic rings. The Hall–Kier alpha value is -11.1. The number of imide groups is 1. The van der Waals surface area contributed by atoms with Crippen LogP contribution in [-0.4, -0.2) is 200 Å². The molecular formula is C71H87ClN14O17. The van der Waals surface area contributed by atoms with Crippen molar-refractivity contribution in [2.45, 2.75) is 91.0 Å². The first-order valence-electron chi connectivity index (χ1n) is 33.7. The van der Waals surface area contributed by atoms with Crippen LogP contribution in [0, 0.1) is 12.8 Å². The van der Waals surface area contributed by atoms with Crippen LogP contribution < -0.4 is 57.7 Å². The maximum Gasteiger partial charge on any atom is 0.415 e. The minimum atomic E-state index is -1.17. The lowest BCUT2D eigenvalue weighted by atomic mass is 9.92. The molecule has 13 amide bonds. The van der Waals surface area contributed by atoms with Gasteiger partial charge in [-0.2, -0.15) is 0 Å². The maximum atomic E-state index is 14.8. The van der Waals surface area contributed by atoms with Gasteiger partial charge in [-0.25, -0.2) is 29.0 Å². The number of fused-ring (bicyclic) bond motifs is 4. The number of likely N-dealkylation sites (N-methyl/N-ethyl adjacent to an activating group) is 1. The Kier molecular flexibility index (Phi) is 28.3. The van der Waals surface area contributed by atoms with E-state index >= 15 is 0 Å². The van der Waals surface area contributed by atoms with E-state index in [-0.39, 0.29) is 127 Å². The number of urea groups is 2. The lowest BCUT2D eigenvalue weighted by molar-refractivity contribution is -0.137. The first kappa shape index (κ1) is 77.7. The Labute approximate surface area is 599 Å². The second-order valence-electron chi connectivity index (χ2n) is 24.7. The van der Waals surface area contributed by atoms with Gasteiger partial charge >= 0.3 is 30.3 Å². The number of carbonyl (C=O) groups is 11. The number of primary amides is 2. The van der Waals surface area contributed by atoms with E-state index in [0.717, 1.165) is 33.6 Å². The third-order valence-corrected chi connectivity index (χ3v) is 17.1. The van der Waals surface area contributed by atoms with Crippen molar-refractivity contribution in [1.82, 2.24) is 45.9 Å². The van der Waals surface area contributed by atoms with Crippen molar-refractivity contribution < 1.29 is 81.2 Å². The zero-order valence-electron chi connectivity index (χ0n) is 58.1. The molecule has 0 saturated heterocycles. The largest absolute Gasteiger partial charge is 0.491 e. The molecule has 8 rings (SSSR count). The average Bonchev–Trinajstić information content (AvgIpc) is 1.62. The van der Waals surface area contributed by atoms with Gasteiger partial charge in [0.15, 0.2) is 0 Å². The molecule has 0 radical (unpaired) electrons. The zero-order chi connectivity index (χ0) is 74.3. The monoisotopic (exact) mass is 1440 g/mol. The summed E-state index contributed by atoms with van der Waals surface area (Å²) in [7, 11) is 1.48. The van der Waals surface area contributed by atoms with Crippen molar-refractivity contribution in [2.75, 3.05) is 107 Å². The zero-order valence-corrected chi connectivity index (χ0v) is 58.9. The third kappa shape index (κ3) is 22.0. The molecule has 1 unspecified atom stereocenters. The highest BCUT2D eigenvalue weighted by Gasteiger charge is 2.37. The molecule has 2 aromatic heterocycles. The maximum absolute atomic E-state index is 14.8. The third-order valence-electron chi connectivity index (χ3n) is 16.8. The minimum absolute atomic E-state index is 0.00537. The Bertz CT molecular complexity index is 4060. The van der Waals surface area contributed by atoms with Gasteiger partial charge in [0, 0.05) is 111 Å². The summed E-state index contributed by atoms with van der Waals surface area (Å²) in [5, 5.41) is 17.7. The first-order chi connectivity index (χ1) is 49.4. The number of alkyl carbamates (subject to hydrolysis) is 1. The molecule has 4 aromatic carbocycles. The summed E-state index contributed by atoms with van der Waals surface area (Å²) in [5.41, 5.74) is 14.9. The highest BCUT2D eigenvalue weighted by atomic mass is 35.5. The summed E-state index contributed by atoms with van der Waals surface area (Å²) in [6.07, 6.45) is 2.43. The van der Waals surface area contributed by atoms with E-state index in [9.17, 15) is 52.7 Å². The topological polar surface area (TPSA) is 409 Å². The Balaban J connectivity index is 0.874. The van der Waals surface area contributed by atoms with Gasteiger partial charge in [0.1, 0.15) is 48.1 Å². The fraction of sp³-hybridized carbons (Fsp3) is 0.408. The van der Waals surface area contributed by atoms with Gasteiger partial charge < -0.3 is 91.5 Å². The number of ether oxygens (including phenoxy) is 6. The molecule has 103 heavy (non-hydrogen) atoms. The Morgan fingerprint density at radius 3 is 2.17 bits per heavy atom. The minimum Gasteiger partial charge on any atom is -0.491 e. The van der Waals surface area contributed by atoms with E-state index in [4.69, 9.17) is 51.5 Å². The molecule has 11 N–H and O–H groups in total. The number of halogens is 1. The highest BCUT2D eigenvalue weighted by Crippen LogP contribution is 2.47. The van der Waals surface area contributed by atoms with E-state index in [1.807, 2.05) is 39.0 Å². The number of nitrogens with one attached hydrogen (secondary N) is 7. The van der Waals surface area contributed by atoms with Crippen molar-refractivity contribution >= 4 is 116 Å². The molecule has 2 aliphatic heterocycles. The van der Waals surface area contributed by atoms with Crippen molar-refractivity contribution in [3.63, 3.8) is 0 Å². The van der Waals surface area contributed by atoms with Crippen molar-refractivity contribution in [3.05, 3.63) is 131 Å². The number of carbonyl (C=O) groups excluding carboxylic acids is 11. The number of aromatic nitrogens is 2. The molecule has 0 aliphatic carbocycles. The van der Waals surface area contributed by atoms with Crippen LogP contribution in [0.5, 0.6) is 11.5 Å². The molecule has 31 nitrogen and oxygen atoms in total. The fourth-order valence-electron chi connectivity index (χ4n) is 11.3. The molecule has 0 spiro atoms. The second kappa shape index (κ2) is 37.6. The Morgan fingerprint density at radius 2 is 1.48 bits per heavy atom. The lowest BCUT2D eigenvalue weighted by Gasteiger charge is -2.26. The van der Waals surface area contributed by atoms with E-state index < -0.39 is 77.9 Å². The summed E-state index contributed by atoms with van der Waals surface area (Å²) in [6.45, 7) is 10.2. The summed E-state index contributed by atoms with van der Waals surface area (Å²) in [5.74, 6) is -2.93. The number of hydrogen-bond acceptors (Lipinski definition) is 18. The normalized spacial score (nSPS) is 14.0. The van der Waals surface area contributed by atoms with Crippen LogP contribution >= 0.6 is 11.6 Å². The number of pyridine rings is 1. The number of rotatable bonds is 36. The van der Waals surface area contributed by atoms with Gasteiger partial charge in [0.05, 0.1) is 50.0 Å². The smallest absolute Gasteiger partial charge is 0.415 e. The fourth-order valence-corrected chi connectivity index (χ4v) is 11.6. The van der Waals surface area contributed by atoms with Crippen LogP contribution in [0.3, 0.4) is 0 Å². The number of anilines is 3. The molecule has 32 heteroatoms. The predicted molar refractivity (Wildman–Crippen MR) is 382 cm³/mol. The van der Waals surface area contributed by atoms with Crippen LogP contribution in [0.15, 0.2) is 103 Å². The molecule has 0 bridgehead atoms. The number of amides is 13. The molecular weight excluding hydrogens is 1360 g/mol. The lowest BCUT2D eigenvalue weighted by Crippen LogP contribution is -2.54. The summed E-state index contributed by atoms with van der Waals surface area (Å²) < 4.78 is 33.9. The Morgan fingerprint density at radius 1 is 0.757 bits per heavy atom. The standard InChI is InChI=1S/C71H87ClN14O17/c1-7-98-31-24-44(5)102-51-20-16-46(17-21-51)63(89)79-50-35-47-36-54(80-62(47)77-39-50)66(92)86-40-48(38-72)60-55(86)37-56(52-12-8-11-43(4)59(52)60)103-71(97)84(27-10-26-76-68(74)94)29-28-83(6)70(96)101-41-45-14-18-49(19-15-45)78-64(90)53(13-9-25-75-67(73)93)81-65(91)61(42(2)3)82-69(95)100-34-33-99-32-30-85-57(87)22-23-58(85)88/h8,11-12,14-23,35-37,39,42,44,48,53,61H,7,9-10,13,24-34,38,40-41H2,1-6H3,(H,77,80)(H,78,90)(H,79,89)(H,81,91)(H,82,95)(H3,73,75,93)(H3,74,76,94)/t44?,48-,53+,61+/m1/s1. The van der Waals surface area contributed by atoms with Gasteiger partial charge in [0.25, 0.3) is 23.6 Å². The van der Waals surface area contributed by atoms with E-state index in [0.29, 0.717) is 70.0 Å². The number of nitrogens with two attached hydrogens (primary N) is 2. The molecule has 4 heterocycles. The average molecular weight is 1440 g/mol. The van der Waals surface area contributed by atoms with Crippen LogP contribution in [0.4, 0.5) is 41.0 Å². The van der Waals surface area contributed by atoms with Crippen molar-refractivity contribution in [1.29, 1.82) is 0 Å². The second-order valence-corrected chi connectivity index (χ2v) is 25.1. The van der Waals surface area contributed by atoms with Crippen molar-refractivity contribution in [3.8, 4) is 11.5 Å². The first-order valence-corrected chi connectivity index (χ1v) is 34.2. The van der Waals surface area contributed by atoms with E-state index in [1.54, 1.807) is 85.5 Å². The molecule has 4 atom stereocenters. The number of benzene rings is 4. The van der Waals surface area contributed by atoms with E-state index in [2.05, 4.69) is 41.9 Å². The SMILES string of the molecule is CCOCCC(C)Oc1ccc(C(=O)Nc2cnc3[nH]c(C(=O)N4C[C@@H](CCl)c5c4cc(OC(=O)N(CCCNC(N)=O)CCN(C)C(=O)OCc4ccc(NC(=O)[C@H](CCCNC(N)=O)NC(=O)[C@@H](NC(=O)OCCOCCN6C(=O)C=CC6=O)C(C)C)cc4)c4cccc(C)c54)cc3c2)cc1. The van der Waals surface area contributed by atoms with Gasteiger partial charge in [0.2, 0.25) is 11.8 Å². The van der Waals surface area contributed by atoms with Gasteiger partial charge in [-0.05, 0) is 117 Å². The van der Waals surface area contributed by atoms with Crippen LogP contribution in [0.25, 0.3) is 21.8 Å². The molecule has 2 aliphatic rings. The number of aromatic amines is 1. The van der Waals surface area contributed by atoms with Gasteiger partial charge in [-0.3, -0.25) is 33.7 Å². The summed E-state index contributed by atoms with van der Waals surface area (Å²) in [6, 6.07) is 19.8. The number of hydrogen-bond donors (Lipinski definition) is 9. The van der Waals surface area contributed by atoms with Crippen LogP contribution in [0.2, 0.25) is 0 Å². The highest BCUT2D eigenvalue weighted by molar-refractivity contribution is 6.20. The van der Waals surface area contributed by atoms with E-state index in [1.165, 1.54) is 23.0 Å². The quantitative estimate of drug-likeness (QED) is 0.0107. The van der Waals surface area contributed by atoms with Crippen LogP contribution in [0.1, 0.15) is 96.8 Å². The number of nitrogens with zero attached hydrogens (tertiary/aromatic N) is 5. The number of alkyl halides is 1.